The van der Waals surface area contributed by atoms with Gasteiger partial charge in [0.05, 0.1) is 0 Å². The summed E-state index contributed by atoms with van der Waals surface area (Å²) in [5, 5.41) is 2.75. The Morgan fingerprint density at radius 2 is 2.05 bits per heavy atom. The zero-order chi connectivity index (χ0) is 15.9. The molecule has 2 aliphatic heterocycles. The molecule has 1 unspecified atom stereocenters. The first kappa shape index (κ1) is 15.1. The molecular weight excluding hydrogens is 300 g/mol. The van der Waals surface area contributed by atoms with Crippen LogP contribution in [0.25, 0.3) is 0 Å². The van der Waals surface area contributed by atoms with Crippen LogP contribution in [0.1, 0.15) is 42.6 Å². The number of hydrogen-bond acceptors (Lipinski definition) is 4. The van der Waals surface area contributed by atoms with Gasteiger partial charge in [0.2, 0.25) is 11.8 Å². The number of piperidine rings is 1. The Kier molecular flexibility index (Phi) is 3.95. The van der Waals surface area contributed by atoms with Crippen LogP contribution in [-0.4, -0.2) is 33.9 Å². The topological polar surface area (TPSA) is 66.5 Å². The first-order valence-corrected chi connectivity index (χ1v) is 8.28. The predicted octanol–water partition coefficient (Wildman–Crippen LogP) is 1.95. The molecule has 2 aliphatic rings. The lowest BCUT2D eigenvalue weighted by Gasteiger charge is -2.29. The fourth-order valence-corrected chi connectivity index (χ4v) is 3.90. The van der Waals surface area contributed by atoms with Gasteiger partial charge in [0, 0.05) is 28.7 Å². The molecule has 2 heterocycles. The van der Waals surface area contributed by atoms with Crippen molar-refractivity contribution in [2.75, 3.05) is 0 Å². The molecule has 116 valence electrons. The van der Waals surface area contributed by atoms with Crippen LogP contribution in [0.2, 0.25) is 0 Å². The number of amides is 3. The molecule has 1 saturated heterocycles. The van der Waals surface area contributed by atoms with E-state index in [9.17, 15) is 14.4 Å². The van der Waals surface area contributed by atoms with Gasteiger partial charge in [-0.05, 0) is 24.1 Å². The maximum atomic E-state index is 12.6. The molecule has 6 heteroatoms. The summed E-state index contributed by atoms with van der Waals surface area (Å²) in [4.78, 5) is 38.6. The predicted molar refractivity (Wildman–Crippen MR) is 83.5 cm³/mol. The minimum atomic E-state index is -0.547. The maximum Gasteiger partial charge on any atom is 0.255 e. The van der Waals surface area contributed by atoms with Crippen molar-refractivity contribution in [3.63, 3.8) is 0 Å². The van der Waals surface area contributed by atoms with Crippen molar-refractivity contribution in [3.8, 4) is 0 Å². The van der Waals surface area contributed by atoms with Gasteiger partial charge in [-0.2, -0.15) is 0 Å². The number of fused-ring (bicyclic) bond motifs is 1. The van der Waals surface area contributed by atoms with Crippen LogP contribution in [0.3, 0.4) is 0 Å². The van der Waals surface area contributed by atoms with Gasteiger partial charge in [-0.15, -0.1) is 11.8 Å². The quantitative estimate of drug-likeness (QED) is 0.683. The minimum Gasteiger partial charge on any atom is -0.322 e. The molecule has 1 aromatic rings. The Morgan fingerprint density at radius 1 is 1.27 bits per heavy atom. The average molecular weight is 318 g/mol. The van der Waals surface area contributed by atoms with Crippen molar-refractivity contribution < 1.29 is 14.4 Å². The number of imide groups is 1. The summed E-state index contributed by atoms with van der Waals surface area (Å²) in [6, 6.07) is 5.17. The molecule has 1 aromatic carbocycles. The van der Waals surface area contributed by atoms with Crippen LogP contribution in [0.4, 0.5) is 0 Å². The highest BCUT2D eigenvalue weighted by molar-refractivity contribution is 8.00. The SMILES string of the molecule is CC(C)Sc1cccc2c1CN(C1CCC(=O)NC1=O)C2=O. The van der Waals surface area contributed by atoms with Crippen molar-refractivity contribution >= 4 is 29.5 Å². The van der Waals surface area contributed by atoms with E-state index in [1.165, 1.54) is 0 Å². The number of carbonyl (C=O) groups is 3. The second kappa shape index (κ2) is 5.76. The van der Waals surface area contributed by atoms with Crippen molar-refractivity contribution in [3.05, 3.63) is 29.3 Å². The number of thioether (sulfide) groups is 1. The fourth-order valence-electron chi connectivity index (χ4n) is 2.92. The number of hydrogen-bond donors (Lipinski definition) is 1. The highest BCUT2D eigenvalue weighted by Gasteiger charge is 2.39. The van der Waals surface area contributed by atoms with Gasteiger partial charge in [-0.3, -0.25) is 19.7 Å². The Hall–Kier alpha value is -1.82. The van der Waals surface area contributed by atoms with Gasteiger partial charge in [0.25, 0.3) is 5.91 Å². The summed E-state index contributed by atoms with van der Waals surface area (Å²) in [6.45, 7) is 4.66. The van der Waals surface area contributed by atoms with Gasteiger partial charge in [0.1, 0.15) is 6.04 Å². The molecule has 3 rings (SSSR count). The highest BCUT2D eigenvalue weighted by Crippen LogP contribution is 2.35. The van der Waals surface area contributed by atoms with Crippen LogP contribution in [-0.2, 0) is 16.1 Å². The van der Waals surface area contributed by atoms with E-state index >= 15 is 0 Å². The van der Waals surface area contributed by atoms with E-state index in [0.717, 1.165) is 10.5 Å². The van der Waals surface area contributed by atoms with Crippen molar-refractivity contribution in [1.82, 2.24) is 10.2 Å². The van der Waals surface area contributed by atoms with Crippen LogP contribution >= 0.6 is 11.8 Å². The van der Waals surface area contributed by atoms with Crippen molar-refractivity contribution in [2.45, 2.75) is 49.4 Å². The normalized spacial score (nSPS) is 21.3. The standard InChI is InChI=1S/C16H18N2O3S/c1-9(2)22-13-5-3-4-10-11(13)8-18(16(10)21)12-6-7-14(19)17-15(12)20/h3-5,9,12H,6-8H2,1-2H3,(H,17,19,20). The first-order chi connectivity index (χ1) is 10.5. The minimum absolute atomic E-state index is 0.115. The summed E-state index contributed by atoms with van der Waals surface area (Å²) in [5.41, 5.74) is 1.67. The summed E-state index contributed by atoms with van der Waals surface area (Å²) < 4.78 is 0. The van der Waals surface area contributed by atoms with Gasteiger partial charge in [-0.1, -0.05) is 19.9 Å². The first-order valence-electron chi connectivity index (χ1n) is 7.40. The summed E-state index contributed by atoms with van der Waals surface area (Å²) in [6.07, 6.45) is 0.682. The van der Waals surface area contributed by atoms with Crippen LogP contribution < -0.4 is 5.32 Å². The number of carbonyl (C=O) groups excluding carboxylic acids is 3. The third kappa shape index (κ3) is 2.63. The number of nitrogens with one attached hydrogen (secondary N) is 1. The zero-order valence-electron chi connectivity index (χ0n) is 12.6. The van der Waals surface area contributed by atoms with E-state index in [1.54, 1.807) is 16.7 Å². The molecule has 0 radical (unpaired) electrons. The Labute approximate surface area is 133 Å². The van der Waals surface area contributed by atoms with E-state index < -0.39 is 6.04 Å². The monoisotopic (exact) mass is 318 g/mol. The molecule has 0 aliphatic carbocycles. The zero-order valence-corrected chi connectivity index (χ0v) is 13.4. The lowest BCUT2D eigenvalue weighted by molar-refractivity contribution is -0.136. The second-order valence-electron chi connectivity index (χ2n) is 5.85. The molecule has 1 N–H and O–H groups in total. The largest absolute Gasteiger partial charge is 0.322 e. The molecular formula is C16H18N2O3S. The van der Waals surface area contributed by atoms with E-state index in [0.29, 0.717) is 23.8 Å². The molecule has 3 amide bonds. The van der Waals surface area contributed by atoms with Crippen LogP contribution in [0.15, 0.2) is 23.1 Å². The lowest BCUT2D eigenvalue weighted by Crippen LogP contribution is -2.52. The molecule has 1 atom stereocenters. The lowest BCUT2D eigenvalue weighted by atomic mass is 10.0. The molecule has 0 saturated carbocycles. The third-order valence-corrected chi connectivity index (χ3v) is 5.01. The van der Waals surface area contributed by atoms with E-state index in [4.69, 9.17) is 0 Å². The van der Waals surface area contributed by atoms with E-state index in [2.05, 4.69) is 19.2 Å². The molecule has 5 nitrogen and oxygen atoms in total. The molecule has 0 aromatic heterocycles. The molecule has 22 heavy (non-hydrogen) atoms. The number of benzene rings is 1. The smallest absolute Gasteiger partial charge is 0.255 e. The van der Waals surface area contributed by atoms with E-state index in [-0.39, 0.29) is 24.1 Å². The van der Waals surface area contributed by atoms with Crippen LogP contribution in [0, 0.1) is 0 Å². The maximum absolute atomic E-state index is 12.6. The Morgan fingerprint density at radius 3 is 2.73 bits per heavy atom. The van der Waals surface area contributed by atoms with Gasteiger partial charge >= 0.3 is 0 Å². The third-order valence-electron chi connectivity index (χ3n) is 3.90. The van der Waals surface area contributed by atoms with Crippen molar-refractivity contribution in [1.29, 1.82) is 0 Å². The Bertz CT molecular complexity index is 657. The summed E-state index contributed by atoms with van der Waals surface area (Å²) in [5.74, 6) is -0.743. The van der Waals surface area contributed by atoms with Gasteiger partial charge < -0.3 is 4.90 Å². The molecule has 1 fully saturated rings. The Balaban J connectivity index is 1.88. The van der Waals surface area contributed by atoms with Gasteiger partial charge in [-0.25, -0.2) is 0 Å². The molecule has 0 spiro atoms. The van der Waals surface area contributed by atoms with Gasteiger partial charge in [0.15, 0.2) is 0 Å². The summed E-state index contributed by atoms with van der Waals surface area (Å²) >= 11 is 1.72. The highest BCUT2D eigenvalue weighted by atomic mass is 32.2. The summed E-state index contributed by atoms with van der Waals surface area (Å²) in [7, 11) is 0. The average Bonchev–Trinajstić information content (AvgIpc) is 2.77. The molecule has 0 bridgehead atoms. The second-order valence-corrected chi connectivity index (χ2v) is 7.47. The van der Waals surface area contributed by atoms with E-state index in [1.807, 2.05) is 18.2 Å². The van der Waals surface area contributed by atoms with Crippen molar-refractivity contribution in [2.24, 2.45) is 0 Å². The number of nitrogens with zero attached hydrogens (tertiary/aromatic N) is 1. The number of rotatable bonds is 3. The fraction of sp³-hybridized carbons (Fsp3) is 0.438. The van der Waals surface area contributed by atoms with Crippen LogP contribution in [0.5, 0.6) is 0 Å².